The summed E-state index contributed by atoms with van der Waals surface area (Å²) in [5, 5.41) is 9.61. The third-order valence-electron chi connectivity index (χ3n) is 3.76. The van der Waals surface area contributed by atoms with Crippen LogP contribution >= 0.6 is 0 Å². The molecule has 0 saturated heterocycles. The number of hydrogen-bond donors (Lipinski definition) is 2. The minimum atomic E-state index is -0.175. The van der Waals surface area contributed by atoms with Crippen LogP contribution in [0.5, 0.6) is 0 Å². The molecule has 1 aromatic heterocycles. The molecule has 3 rings (SSSR count). The highest BCUT2D eigenvalue weighted by atomic mass is 16.2. The first kappa shape index (κ1) is 17.3. The predicted molar refractivity (Wildman–Crippen MR) is 96.7 cm³/mol. The third-order valence-corrected chi connectivity index (χ3v) is 3.76. The van der Waals surface area contributed by atoms with Gasteiger partial charge in [0.2, 0.25) is 0 Å². The molecule has 0 unspecified atom stereocenters. The first-order chi connectivity index (χ1) is 12.7. The van der Waals surface area contributed by atoms with Crippen LogP contribution in [0, 0.1) is 0 Å². The molecule has 7 heteroatoms. The number of nitrogens with zero attached hydrogens (tertiary/aromatic N) is 3. The van der Waals surface area contributed by atoms with Crippen molar-refractivity contribution >= 4 is 11.8 Å². The molecule has 0 aliphatic heterocycles. The molecule has 132 valence electrons. The van der Waals surface area contributed by atoms with Crippen molar-refractivity contribution in [2.24, 2.45) is 0 Å². The maximum atomic E-state index is 12.1. The van der Waals surface area contributed by atoms with Crippen LogP contribution < -0.4 is 10.6 Å². The van der Waals surface area contributed by atoms with Crippen LogP contribution in [-0.2, 0) is 6.54 Å². The lowest BCUT2D eigenvalue weighted by molar-refractivity contribution is 0.0927. The number of aromatic nitrogens is 3. The average Bonchev–Trinajstić information content (AvgIpc) is 3.19. The summed E-state index contributed by atoms with van der Waals surface area (Å²) in [6, 6.07) is 16.3. The summed E-state index contributed by atoms with van der Waals surface area (Å²) in [7, 11) is 0. The van der Waals surface area contributed by atoms with E-state index in [9.17, 15) is 9.59 Å². The lowest BCUT2D eigenvalue weighted by atomic mass is 10.1. The monoisotopic (exact) mass is 349 g/mol. The van der Waals surface area contributed by atoms with E-state index in [1.165, 1.54) is 6.33 Å². The topological polar surface area (TPSA) is 88.9 Å². The molecule has 3 aromatic rings. The van der Waals surface area contributed by atoms with Gasteiger partial charge in [-0.3, -0.25) is 9.59 Å². The van der Waals surface area contributed by atoms with Crippen LogP contribution in [-0.4, -0.2) is 39.7 Å². The van der Waals surface area contributed by atoms with Crippen molar-refractivity contribution < 1.29 is 9.59 Å². The molecule has 0 spiro atoms. The SMILES string of the molecule is O=C(NCCNC(=O)c1ccc(Cn2cncn2)cc1)c1ccccc1. The van der Waals surface area contributed by atoms with Crippen molar-refractivity contribution in [1.82, 2.24) is 25.4 Å². The van der Waals surface area contributed by atoms with Gasteiger partial charge >= 0.3 is 0 Å². The van der Waals surface area contributed by atoms with Crippen molar-refractivity contribution in [3.05, 3.63) is 83.9 Å². The van der Waals surface area contributed by atoms with E-state index in [2.05, 4.69) is 20.7 Å². The molecule has 2 amide bonds. The summed E-state index contributed by atoms with van der Waals surface area (Å²) >= 11 is 0. The highest BCUT2D eigenvalue weighted by Crippen LogP contribution is 2.06. The lowest BCUT2D eigenvalue weighted by Gasteiger charge is -2.08. The minimum absolute atomic E-state index is 0.155. The van der Waals surface area contributed by atoms with E-state index in [4.69, 9.17) is 0 Å². The molecular formula is C19H19N5O2. The third kappa shape index (κ3) is 4.76. The largest absolute Gasteiger partial charge is 0.350 e. The second-order valence-electron chi connectivity index (χ2n) is 5.67. The molecule has 0 aliphatic carbocycles. The molecule has 0 aliphatic rings. The maximum Gasteiger partial charge on any atom is 0.251 e. The van der Waals surface area contributed by atoms with Crippen LogP contribution in [0.15, 0.2) is 67.3 Å². The van der Waals surface area contributed by atoms with Crippen molar-refractivity contribution in [3.8, 4) is 0 Å². The van der Waals surface area contributed by atoms with E-state index in [1.54, 1.807) is 35.3 Å². The van der Waals surface area contributed by atoms with E-state index in [-0.39, 0.29) is 11.8 Å². The molecule has 0 bridgehead atoms. The second-order valence-corrected chi connectivity index (χ2v) is 5.67. The van der Waals surface area contributed by atoms with Crippen LogP contribution in [0.1, 0.15) is 26.3 Å². The molecule has 2 N–H and O–H groups in total. The summed E-state index contributed by atoms with van der Waals surface area (Å²) in [6.45, 7) is 1.33. The predicted octanol–water partition coefficient (Wildman–Crippen LogP) is 1.49. The van der Waals surface area contributed by atoms with Crippen molar-refractivity contribution in [2.75, 3.05) is 13.1 Å². The Labute approximate surface area is 151 Å². The Bertz CT molecular complexity index is 845. The Hall–Kier alpha value is -3.48. The summed E-state index contributed by atoms with van der Waals surface area (Å²) in [5.74, 6) is -0.330. The number of rotatable bonds is 7. The zero-order valence-electron chi connectivity index (χ0n) is 14.1. The highest BCUT2D eigenvalue weighted by Gasteiger charge is 2.06. The normalized spacial score (nSPS) is 10.3. The van der Waals surface area contributed by atoms with Gasteiger partial charge in [0.1, 0.15) is 12.7 Å². The first-order valence-corrected chi connectivity index (χ1v) is 8.25. The Kier molecular flexibility index (Phi) is 5.72. The Balaban J connectivity index is 1.42. The van der Waals surface area contributed by atoms with E-state index < -0.39 is 0 Å². The van der Waals surface area contributed by atoms with Gasteiger partial charge in [0, 0.05) is 24.2 Å². The van der Waals surface area contributed by atoms with Gasteiger partial charge in [-0.15, -0.1) is 0 Å². The van der Waals surface area contributed by atoms with Gasteiger partial charge in [0.15, 0.2) is 0 Å². The zero-order chi connectivity index (χ0) is 18.2. The van der Waals surface area contributed by atoms with Crippen molar-refractivity contribution in [3.63, 3.8) is 0 Å². The standard InChI is InChI=1S/C19H19N5O2/c25-18(16-4-2-1-3-5-16)21-10-11-22-19(26)17-8-6-15(7-9-17)12-24-14-20-13-23-24/h1-9,13-14H,10-12H2,(H,21,25)(H,22,26). The Morgan fingerprint density at radius 3 is 2.04 bits per heavy atom. The van der Waals surface area contributed by atoms with E-state index >= 15 is 0 Å². The van der Waals surface area contributed by atoms with Gasteiger partial charge in [-0.1, -0.05) is 30.3 Å². The van der Waals surface area contributed by atoms with E-state index in [0.29, 0.717) is 30.8 Å². The van der Waals surface area contributed by atoms with E-state index in [1.807, 2.05) is 30.3 Å². The quantitative estimate of drug-likeness (QED) is 0.633. The highest BCUT2D eigenvalue weighted by molar-refractivity contribution is 5.95. The van der Waals surface area contributed by atoms with Crippen molar-refractivity contribution in [2.45, 2.75) is 6.54 Å². The number of nitrogens with one attached hydrogen (secondary N) is 2. The van der Waals surface area contributed by atoms with Gasteiger partial charge in [-0.05, 0) is 29.8 Å². The Morgan fingerprint density at radius 1 is 0.846 bits per heavy atom. The van der Waals surface area contributed by atoms with Gasteiger partial charge in [0.25, 0.3) is 11.8 Å². The zero-order valence-corrected chi connectivity index (χ0v) is 14.1. The number of carbonyl (C=O) groups excluding carboxylic acids is 2. The maximum absolute atomic E-state index is 12.1. The molecule has 0 atom stereocenters. The summed E-state index contributed by atoms with van der Waals surface area (Å²) in [4.78, 5) is 27.9. The Morgan fingerprint density at radius 2 is 1.46 bits per heavy atom. The number of amides is 2. The molecule has 26 heavy (non-hydrogen) atoms. The van der Waals surface area contributed by atoms with E-state index in [0.717, 1.165) is 5.56 Å². The molecule has 7 nitrogen and oxygen atoms in total. The van der Waals surface area contributed by atoms with Crippen LogP contribution in [0.3, 0.4) is 0 Å². The summed E-state index contributed by atoms with van der Waals surface area (Å²) in [6.07, 6.45) is 3.13. The number of hydrogen-bond acceptors (Lipinski definition) is 4. The lowest BCUT2D eigenvalue weighted by Crippen LogP contribution is -2.34. The molecular weight excluding hydrogens is 330 g/mol. The first-order valence-electron chi connectivity index (χ1n) is 8.25. The summed E-state index contributed by atoms with van der Waals surface area (Å²) in [5.41, 5.74) is 2.20. The molecule has 2 aromatic carbocycles. The fourth-order valence-corrected chi connectivity index (χ4v) is 2.41. The number of carbonyl (C=O) groups is 2. The minimum Gasteiger partial charge on any atom is -0.350 e. The molecule has 0 fully saturated rings. The summed E-state index contributed by atoms with van der Waals surface area (Å²) < 4.78 is 1.71. The number of benzene rings is 2. The smallest absolute Gasteiger partial charge is 0.251 e. The molecule has 1 heterocycles. The van der Waals surface area contributed by atoms with Gasteiger partial charge in [-0.25, -0.2) is 9.67 Å². The fraction of sp³-hybridized carbons (Fsp3) is 0.158. The van der Waals surface area contributed by atoms with Gasteiger partial charge in [0.05, 0.1) is 6.54 Å². The van der Waals surface area contributed by atoms with Crippen LogP contribution in [0.25, 0.3) is 0 Å². The van der Waals surface area contributed by atoms with Crippen LogP contribution in [0.2, 0.25) is 0 Å². The molecule has 0 radical (unpaired) electrons. The van der Waals surface area contributed by atoms with Gasteiger partial charge < -0.3 is 10.6 Å². The molecule has 0 saturated carbocycles. The average molecular weight is 349 g/mol. The van der Waals surface area contributed by atoms with Crippen molar-refractivity contribution in [1.29, 1.82) is 0 Å². The van der Waals surface area contributed by atoms with Crippen LogP contribution in [0.4, 0.5) is 0 Å². The van der Waals surface area contributed by atoms with Gasteiger partial charge in [-0.2, -0.15) is 5.10 Å². The fourth-order valence-electron chi connectivity index (χ4n) is 2.41. The second kappa shape index (κ2) is 8.57.